The number of sulfonamides is 1. The first-order chi connectivity index (χ1) is 11.0. The molecule has 0 amide bonds. The molecule has 0 heterocycles. The fourth-order valence-corrected chi connectivity index (χ4v) is 3.43. The molecule has 0 aliphatic rings. The smallest absolute Gasteiger partial charge is 0.280 e. The van der Waals surface area contributed by atoms with E-state index in [1.807, 2.05) is 4.72 Å². The number of hydrogen-bond donors (Lipinski definition) is 1. The molecular weight excluding hydrogens is 377 g/mol. The summed E-state index contributed by atoms with van der Waals surface area (Å²) in [6, 6.07) is 5.21. The average molecular weight is 385 g/mol. The van der Waals surface area contributed by atoms with Crippen LogP contribution in [0.25, 0.3) is 0 Å². The van der Waals surface area contributed by atoms with E-state index < -0.39 is 47.8 Å². The summed E-state index contributed by atoms with van der Waals surface area (Å²) in [7, 11) is -7.60. The van der Waals surface area contributed by atoms with E-state index in [-0.39, 0.29) is 5.69 Å². The first-order valence-electron chi connectivity index (χ1n) is 6.06. The maximum Gasteiger partial charge on any atom is 0.475 e. The molecule has 4 nitrogen and oxygen atoms in total. The molecule has 0 unspecified atom stereocenters. The Bertz CT molecular complexity index is 859. The number of nitrogens with one attached hydrogen (secondary N) is 1. The Morgan fingerprint density at radius 1 is 0.917 bits per heavy atom. The van der Waals surface area contributed by atoms with Crippen LogP contribution in [0.3, 0.4) is 0 Å². The van der Waals surface area contributed by atoms with Gasteiger partial charge in [0.2, 0.25) is 0 Å². The summed E-state index contributed by atoms with van der Waals surface area (Å²) in [5, 5.41) is 0. The van der Waals surface area contributed by atoms with Crippen LogP contribution in [-0.2, 0) is 20.8 Å². The molecule has 0 fully saturated rings. The number of rotatable bonds is 4. The van der Waals surface area contributed by atoms with E-state index >= 15 is 0 Å². The predicted molar refractivity (Wildman–Crippen MR) is 76.1 cm³/mol. The molecule has 0 aromatic heterocycles. The van der Waals surface area contributed by atoms with E-state index in [9.17, 15) is 34.6 Å². The van der Waals surface area contributed by atoms with Gasteiger partial charge in [0.15, 0.2) is 10.8 Å². The fraction of sp³-hybridized carbons (Fsp3) is 0.0769. The monoisotopic (exact) mass is 385 g/mol. The van der Waals surface area contributed by atoms with Crippen LogP contribution in [0.15, 0.2) is 52.3 Å². The lowest BCUT2D eigenvalue weighted by Gasteiger charge is -2.10. The lowest BCUT2D eigenvalue weighted by Crippen LogP contribution is -2.16. The minimum Gasteiger partial charge on any atom is -0.280 e. The molecule has 2 aromatic carbocycles. The third-order valence-electron chi connectivity index (χ3n) is 2.68. The molecule has 2 aromatic rings. The molecule has 0 spiro atoms. The Morgan fingerprint density at radius 2 is 1.42 bits per heavy atom. The van der Waals surface area contributed by atoms with Crippen LogP contribution in [0.1, 0.15) is 0 Å². The van der Waals surface area contributed by atoms with Gasteiger partial charge in [-0.3, -0.25) is 4.72 Å². The van der Waals surface area contributed by atoms with Crippen molar-refractivity contribution in [1.82, 2.24) is 0 Å². The van der Waals surface area contributed by atoms with Crippen LogP contribution in [0.2, 0.25) is 0 Å². The zero-order valence-corrected chi connectivity index (χ0v) is 13.1. The summed E-state index contributed by atoms with van der Waals surface area (Å²) in [5.41, 5.74) is -5.11. The van der Waals surface area contributed by atoms with Crippen molar-refractivity contribution in [3.8, 4) is 0 Å². The highest BCUT2D eigenvalue weighted by Crippen LogP contribution is 2.27. The first kappa shape index (κ1) is 18.3. The van der Waals surface area contributed by atoms with Crippen LogP contribution in [0, 0.1) is 11.6 Å². The number of benzene rings is 2. The molecule has 24 heavy (non-hydrogen) atoms. The first-order valence-corrected chi connectivity index (χ1v) is 8.70. The lowest BCUT2D eigenvalue weighted by molar-refractivity contribution is -0.0384. The number of alkyl halides is 3. The second-order valence-electron chi connectivity index (χ2n) is 4.45. The molecule has 0 saturated heterocycles. The van der Waals surface area contributed by atoms with Gasteiger partial charge in [0, 0.05) is 16.6 Å². The maximum atomic E-state index is 13.1. The van der Waals surface area contributed by atoms with Crippen molar-refractivity contribution in [1.29, 1.82) is 0 Å². The third kappa shape index (κ3) is 4.29. The van der Waals surface area contributed by atoms with Gasteiger partial charge in [0.25, 0.3) is 10.0 Å². The van der Waals surface area contributed by atoms with Gasteiger partial charge < -0.3 is 0 Å². The van der Waals surface area contributed by atoms with Gasteiger partial charge in [0.1, 0.15) is 11.6 Å². The van der Waals surface area contributed by atoms with Crippen molar-refractivity contribution in [2.45, 2.75) is 15.3 Å². The molecule has 0 bridgehead atoms. The lowest BCUT2D eigenvalue weighted by atomic mass is 10.3. The van der Waals surface area contributed by atoms with E-state index in [0.717, 1.165) is 24.3 Å². The fourth-order valence-electron chi connectivity index (χ4n) is 1.68. The van der Waals surface area contributed by atoms with Crippen LogP contribution in [0.4, 0.5) is 27.6 Å². The van der Waals surface area contributed by atoms with Crippen LogP contribution in [0.5, 0.6) is 0 Å². The van der Waals surface area contributed by atoms with E-state index in [4.69, 9.17) is 0 Å². The highest BCUT2D eigenvalue weighted by atomic mass is 32.2. The zero-order valence-electron chi connectivity index (χ0n) is 11.5. The largest absolute Gasteiger partial charge is 0.475 e. The molecule has 1 N–H and O–H groups in total. The molecular formula is C13H8F5NO3S2. The molecule has 0 aliphatic heterocycles. The Morgan fingerprint density at radius 3 is 1.88 bits per heavy atom. The predicted octanol–water partition coefficient (Wildman–Crippen LogP) is 3.39. The summed E-state index contributed by atoms with van der Waals surface area (Å²) in [6.07, 6.45) is 0. The second-order valence-corrected chi connectivity index (χ2v) is 7.60. The van der Waals surface area contributed by atoms with E-state index in [1.54, 1.807) is 0 Å². The maximum absolute atomic E-state index is 13.1. The Hall–Kier alpha value is -2.01. The van der Waals surface area contributed by atoms with Gasteiger partial charge in [0.05, 0.1) is 4.90 Å². The zero-order chi connectivity index (χ0) is 18.1. The number of hydrogen-bond acceptors (Lipinski definition) is 3. The molecule has 1 atom stereocenters. The van der Waals surface area contributed by atoms with Crippen molar-refractivity contribution >= 4 is 26.5 Å². The summed E-state index contributed by atoms with van der Waals surface area (Å²) >= 11 is 0. The molecule has 0 radical (unpaired) electrons. The standard InChI is InChI=1S/C13H8F5NO3S2/c14-8-5-9(15)7-12(6-8)24(21,22)19-10-1-3-11(4-2-10)23(20)13(16,17)18/h1-7,19H/t23-/m0/s1. The molecule has 0 aliphatic carbocycles. The summed E-state index contributed by atoms with van der Waals surface area (Å²) in [5.74, 6) is -2.21. The van der Waals surface area contributed by atoms with Gasteiger partial charge in [-0.2, -0.15) is 13.2 Å². The van der Waals surface area contributed by atoms with Crippen LogP contribution < -0.4 is 4.72 Å². The third-order valence-corrected chi connectivity index (χ3v) is 5.16. The summed E-state index contributed by atoms with van der Waals surface area (Å²) in [6.45, 7) is 0. The summed E-state index contributed by atoms with van der Waals surface area (Å²) in [4.78, 5) is -1.26. The average Bonchev–Trinajstić information content (AvgIpc) is 2.45. The molecule has 11 heteroatoms. The highest BCUT2D eigenvalue weighted by molar-refractivity contribution is 7.92. The van der Waals surface area contributed by atoms with Crippen molar-refractivity contribution in [3.05, 3.63) is 54.1 Å². The summed E-state index contributed by atoms with van der Waals surface area (Å²) < 4.78 is 100. The Balaban J connectivity index is 2.26. The normalized spacial score (nSPS) is 13.5. The van der Waals surface area contributed by atoms with Gasteiger partial charge in [-0.25, -0.2) is 21.4 Å². The van der Waals surface area contributed by atoms with Crippen molar-refractivity contribution in [2.24, 2.45) is 0 Å². The minimum absolute atomic E-state index is 0.164. The van der Waals surface area contributed by atoms with Crippen molar-refractivity contribution in [2.75, 3.05) is 4.72 Å². The second kappa shape index (κ2) is 6.48. The highest BCUT2D eigenvalue weighted by Gasteiger charge is 2.37. The Labute approximate surface area is 135 Å². The molecule has 2 rings (SSSR count). The number of halogens is 5. The van der Waals surface area contributed by atoms with Gasteiger partial charge >= 0.3 is 5.51 Å². The van der Waals surface area contributed by atoms with E-state index in [0.29, 0.717) is 18.2 Å². The molecule has 130 valence electrons. The van der Waals surface area contributed by atoms with Crippen molar-refractivity contribution in [3.63, 3.8) is 0 Å². The number of anilines is 1. The van der Waals surface area contributed by atoms with Gasteiger partial charge in [-0.15, -0.1) is 0 Å². The minimum atomic E-state index is -4.94. The van der Waals surface area contributed by atoms with Gasteiger partial charge in [-0.1, -0.05) is 0 Å². The van der Waals surface area contributed by atoms with Crippen molar-refractivity contribution < 1.29 is 34.6 Å². The van der Waals surface area contributed by atoms with E-state index in [2.05, 4.69) is 0 Å². The van der Waals surface area contributed by atoms with Crippen LogP contribution in [-0.4, -0.2) is 18.1 Å². The molecule has 0 saturated carbocycles. The SMILES string of the molecule is O=[S@@](c1ccc(NS(=O)(=O)c2cc(F)cc(F)c2)cc1)C(F)(F)F. The quantitative estimate of drug-likeness (QED) is 0.821. The van der Waals surface area contributed by atoms with E-state index in [1.165, 1.54) is 0 Å². The van der Waals surface area contributed by atoms with Crippen LogP contribution >= 0.6 is 0 Å². The van der Waals surface area contributed by atoms with Gasteiger partial charge in [-0.05, 0) is 36.4 Å². The topological polar surface area (TPSA) is 63.2 Å². The Kier molecular flexibility index (Phi) is 4.95.